The van der Waals surface area contributed by atoms with Crippen molar-refractivity contribution in [3.8, 4) is 0 Å². The molecule has 0 fully saturated rings. The van der Waals surface area contributed by atoms with Gasteiger partial charge in [0.1, 0.15) is 0 Å². The van der Waals surface area contributed by atoms with Gasteiger partial charge in [-0.15, -0.1) is 6.58 Å². The van der Waals surface area contributed by atoms with Crippen LogP contribution in [0.5, 0.6) is 0 Å². The Morgan fingerprint density at radius 1 is 1.50 bits per heavy atom. The predicted molar refractivity (Wildman–Crippen MR) is 35.7 cm³/mol. The third-order valence-electron chi connectivity index (χ3n) is 1.60. The van der Waals surface area contributed by atoms with Gasteiger partial charge in [0, 0.05) is 0 Å². The Bertz CT molecular complexity index is 72.5. The Morgan fingerprint density at radius 2 is 1.88 bits per heavy atom. The van der Waals surface area contributed by atoms with E-state index in [2.05, 4.69) is 6.58 Å². The van der Waals surface area contributed by atoms with Gasteiger partial charge in [0.2, 0.25) is 0 Å². The zero-order chi connectivity index (χ0) is 6.62. The topological polar surface area (TPSA) is 20.2 Å². The number of rotatable bonds is 3. The summed E-state index contributed by atoms with van der Waals surface area (Å²) in [5, 5.41) is 9.32. The van der Waals surface area contributed by atoms with Gasteiger partial charge in [-0.2, -0.15) is 0 Å². The maximum absolute atomic E-state index is 9.32. The Kier molecular flexibility index (Phi) is 2.77. The van der Waals surface area contributed by atoms with Crippen molar-refractivity contribution >= 4 is 0 Å². The van der Waals surface area contributed by atoms with Gasteiger partial charge < -0.3 is 5.11 Å². The van der Waals surface area contributed by atoms with Gasteiger partial charge >= 0.3 is 0 Å². The minimum absolute atomic E-state index is 0.611. The molecule has 0 saturated heterocycles. The molecule has 0 heterocycles. The second-order valence-electron chi connectivity index (χ2n) is 2.01. The van der Waals surface area contributed by atoms with Crippen molar-refractivity contribution in [3.05, 3.63) is 12.7 Å². The van der Waals surface area contributed by atoms with Gasteiger partial charge in [0.15, 0.2) is 0 Å². The lowest BCUT2D eigenvalue weighted by atomic mass is 9.98. The van der Waals surface area contributed by atoms with Gasteiger partial charge in [-0.3, -0.25) is 0 Å². The van der Waals surface area contributed by atoms with Gasteiger partial charge in [-0.1, -0.05) is 19.9 Å². The average molecular weight is 114 g/mol. The molecule has 0 rings (SSSR count). The highest BCUT2D eigenvalue weighted by Gasteiger charge is 2.15. The molecule has 0 saturated carbocycles. The molecule has 0 atom stereocenters. The van der Waals surface area contributed by atoms with Crippen LogP contribution >= 0.6 is 0 Å². The van der Waals surface area contributed by atoms with Crippen LogP contribution in [0.4, 0.5) is 0 Å². The summed E-state index contributed by atoms with van der Waals surface area (Å²) in [4.78, 5) is 0. The first-order chi connectivity index (χ1) is 3.68. The second-order valence-corrected chi connectivity index (χ2v) is 2.01. The summed E-state index contributed by atoms with van der Waals surface area (Å²) < 4.78 is 0. The summed E-state index contributed by atoms with van der Waals surface area (Å²) in [6.45, 7) is 7.42. The van der Waals surface area contributed by atoms with Crippen LogP contribution in [0.2, 0.25) is 0 Å². The zero-order valence-corrected chi connectivity index (χ0v) is 5.65. The van der Waals surface area contributed by atoms with E-state index >= 15 is 0 Å². The summed E-state index contributed by atoms with van der Waals surface area (Å²) in [6.07, 6.45) is 3.12. The molecule has 0 aromatic heterocycles. The van der Waals surface area contributed by atoms with Gasteiger partial charge in [0.05, 0.1) is 5.60 Å². The molecular weight excluding hydrogens is 100 g/mol. The number of aliphatic hydroxyl groups is 1. The predicted octanol–water partition coefficient (Wildman–Crippen LogP) is 1.72. The monoisotopic (exact) mass is 114 g/mol. The summed E-state index contributed by atoms with van der Waals surface area (Å²) >= 11 is 0. The normalized spacial score (nSPS) is 11.4. The quantitative estimate of drug-likeness (QED) is 0.554. The van der Waals surface area contributed by atoms with Gasteiger partial charge in [-0.25, -0.2) is 0 Å². The molecule has 0 spiro atoms. The fourth-order valence-electron chi connectivity index (χ4n) is 0.539. The van der Waals surface area contributed by atoms with Crippen molar-refractivity contribution in [2.24, 2.45) is 0 Å². The Balaban J connectivity index is 3.76. The fraction of sp³-hybridized carbons (Fsp3) is 0.714. The highest BCUT2D eigenvalue weighted by molar-refractivity contribution is 4.92. The Hall–Kier alpha value is -0.300. The van der Waals surface area contributed by atoms with E-state index in [1.165, 1.54) is 0 Å². The molecule has 0 amide bonds. The third-order valence-corrected chi connectivity index (χ3v) is 1.60. The first-order valence-electron chi connectivity index (χ1n) is 3.04. The van der Waals surface area contributed by atoms with E-state index in [4.69, 9.17) is 0 Å². The van der Waals surface area contributed by atoms with E-state index in [0.717, 1.165) is 12.8 Å². The molecule has 0 aliphatic rings. The first-order valence-corrected chi connectivity index (χ1v) is 3.04. The molecule has 0 aliphatic carbocycles. The zero-order valence-electron chi connectivity index (χ0n) is 5.65. The number of hydrogen-bond donors (Lipinski definition) is 1. The van der Waals surface area contributed by atoms with Crippen LogP contribution in [0.25, 0.3) is 0 Å². The molecule has 0 aliphatic heterocycles. The highest BCUT2D eigenvalue weighted by atomic mass is 16.3. The third kappa shape index (κ3) is 1.66. The molecule has 0 radical (unpaired) electrons. The fourth-order valence-corrected chi connectivity index (χ4v) is 0.539. The largest absolute Gasteiger partial charge is 0.386 e. The van der Waals surface area contributed by atoms with Crippen molar-refractivity contribution in [2.75, 3.05) is 0 Å². The Morgan fingerprint density at radius 3 is 1.88 bits per heavy atom. The number of hydrogen-bond acceptors (Lipinski definition) is 1. The molecule has 0 aromatic carbocycles. The lowest BCUT2D eigenvalue weighted by molar-refractivity contribution is 0.0832. The molecule has 1 heteroatoms. The maximum atomic E-state index is 9.32. The average Bonchev–Trinajstić information content (AvgIpc) is 1.87. The summed E-state index contributed by atoms with van der Waals surface area (Å²) in [6, 6.07) is 0. The lowest BCUT2D eigenvalue weighted by Crippen LogP contribution is -2.22. The van der Waals surface area contributed by atoms with Crippen LogP contribution in [0, 0.1) is 0 Å². The van der Waals surface area contributed by atoms with Crippen molar-refractivity contribution in [3.63, 3.8) is 0 Å². The molecule has 1 N–H and O–H groups in total. The maximum Gasteiger partial charge on any atom is 0.0819 e. The van der Waals surface area contributed by atoms with Crippen LogP contribution < -0.4 is 0 Å². The molecule has 0 aromatic rings. The van der Waals surface area contributed by atoms with Crippen molar-refractivity contribution < 1.29 is 5.11 Å². The standard InChI is InChI=1S/C7H14O/c1-4-7(8,5-2)6-3/h4,8H,1,5-6H2,2-3H3. The first kappa shape index (κ1) is 7.70. The minimum Gasteiger partial charge on any atom is -0.386 e. The van der Waals surface area contributed by atoms with E-state index in [0.29, 0.717) is 0 Å². The van der Waals surface area contributed by atoms with Gasteiger partial charge in [0.25, 0.3) is 0 Å². The van der Waals surface area contributed by atoms with Crippen LogP contribution in [0.3, 0.4) is 0 Å². The summed E-state index contributed by atoms with van der Waals surface area (Å²) in [5.74, 6) is 0. The molecule has 0 bridgehead atoms. The van der Waals surface area contributed by atoms with Crippen molar-refractivity contribution in [2.45, 2.75) is 32.3 Å². The van der Waals surface area contributed by atoms with Crippen molar-refractivity contribution in [1.29, 1.82) is 0 Å². The van der Waals surface area contributed by atoms with E-state index in [1.54, 1.807) is 6.08 Å². The van der Waals surface area contributed by atoms with E-state index < -0.39 is 5.60 Å². The van der Waals surface area contributed by atoms with Crippen LogP contribution in [0.1, 0.15) is 26.7 Å². The van der Waals surface area contributed by atoms with Gasteiger partial charge in [-0.05, 0) is 12.8 Å². The van der Waals surface area contributed by atoms with Crippen LogP contribution in [-0.2, 0) is 0 Å². The highest BCUT2D eigenvalue weighted by Crippen LogP contribution is 2.14. The molecular formula is C7H14O. The van der Waals surface area contributed by atoms with Crippen molar-refractivity contribution in [1.82, 2.24) is 0 Å². The molecule has 0 unspecified atom stereocenters. The summed E-state index contributed by atoms with van der Waals surface area (Å²) in [7, 11) is 0. The molecule has 48 valence electrons. The molecule has 8 heavy (non-hydrogen) atoms. The lowest BCUT2D eigenvalue weighted by Gasteiger charge is -2.18. The molecule has 1 nitrogen and oxygen atoms in total. The Labute approximate surface area is 51.0 Å². The van der Waals surface area contributed by atoms with E-state index in [1.807, 2.05) is 13.8 Å². The second kappa shape index (κ2) is 2.88. The SMILES string of the molecule is C=CC(O)(CC)CC. The van der Waals surface area contributed by atoms with E-state index in [9.17, 15) is 5.11 Å². The summed E-state index contributed by atoms with van der Waals surface area (Å²) in [5.41, 5.74) is -0.611. The smallest absolute Gasteiger partial charge is 0.0819 e. The minimum atomic E-state index is -0.611. The van der Waals surface area contributed by atoms with E-state index in [-0.39, 0.29) is 0 Å². The van der Waals surface area contributed by atoms with Crippen LogP contribution in [0.15, 0.2) is 12.7 Å². The van der Waals surface area contributed by atoms with Crippen LogP contribution in [-0.4, -0.2) is 10.7 Å².